The molecule has 1 aliphatic heterocycles. The fourth-order valence-corrected chi connectivity index (χ4v) is 10.5. The Balaban J connectivity index is 1.08. The van der Waals surface area contributed by atoms with E-state index < -0.39 is 0 Å². The van der Waals surface area contributed by atoms with Crippen LogP contribution < -0.4 is 0 Å². The van der Waals surface area contributed by atoms with Crippen molar-refractivity contribution in [2.45, 2.75) is 19.3 Å². The summed E-state index contributed by atoms with van der Waals surface area (Å²) in [7, 11) is 0. The Morgan fingerprint density at radius 2 is 1.24 bits per heavy atom. The van der Waals surface area contributed by atoms with Gasteiger partial charge in [0.25, 0.3) is 0 Å². The van der Waals surface area contributed by atoms with Crippen LogP contribution in [0.5, 0.6) is 0 Å². The maximum atomic E-state index is 5.55. The Kier molecular flexibility index (Phi) is 6.68. The van der Waals surface area contributed by atoms with Crippen molar-refractivity contribution in [3.8, 4) is 5.69 Å². The normalized spacial score (nSPS) is 18.3. The first kappa shape index (κ1) is 31.9. The van der Waals surface area contributed by atoms with Gasteiger partial charge in [0.05, 0.1) is 33.3 Å². The molecule has 2 aliphatic rings. The fourth-order valence-electron chi connectivity index (χ4n) is 10.5. The average Bonchev–Trinajstić information content (AvgIpc) is 3.91. The van der Waals surface area contributed by atoms with Crippen LogP contribution in [0.2, 0.25) is 0 Å². The molecule has 0 amide bonds. The molecule has 3 aromatic heterocycles. The second-order valence-corrected chi connectivity index (χ2v) is 16.1. The predicted molar refractivity (Wildman–Crippen MR) is 247 cm³/mol. The highest BCUT2D eigenvalue weighted by Gasteiger charge is 2.26. The molecule has 272 valence electrons. The van der Waals surface area contributed by atoms with Crippen molar-refractivity contribution in [1.82, 2.24) is 8.97 Å². The highest BCUT2D eigenvalue weighted by atomic mass is 15.0. The molecule has 1 aliphatic carbocycles. The van der Waals surface area contributed by atoms with Gasteiger partial charge >= 0.3 is 0 Å². The number of rotatable bonds is 3. The molecule has 0 N–H and O–H groups in total. The molecule has 3 nitrogen and oxygen atoms in total. The van der Waals surface area contributed by atoms with Crippen LogP contribution >= 0.6 is 0 Å². The minimum absolute atomic E-state index is 0.348. The maximum absolute atomic E-state index is 5.55. The second-order valence-electron chi connectivity index (χ2n) is 16.1. The Hall–Kier alpha value is -7.23. The van der Waals surface area contributed by atoms with Crippen molar-refractivity contribution in [2.24, 2.45) is 10.9 Å². The predicted octanol–water partition coefficient (Wildman–Crippen LogP) is 14.5. The van der Waals surface area contributed by atoms with Crippen LogP contribution in [0.1, 0.15) is 30.4 Å². The first-order valence-electron chi connectivity index (χ1n) is 20.6. The van der Waals surface area contributed by atoms with Gasteiger partial charge < -0.3 is 8.97 Å². The van der Waals surface area contributed by atoms with Crippen molar-refractivity contribution in [3.05, 3.63) is 193 Å². The van der Waals surface area contributed by atoms with Crippen molar-refractivity contribution in [1.29, 1.82) is 0 Å². The number of aromatic nitrogens is 2. The number of aliphatic imine (C=N–C) groups is 1. The van der Waals surface area contributed by atoms with Crippen LogP contribution in [0.25, 0.3) is 98.4 Å². The summed E-state index contributed by atoms with van der Waals surface area (Å²) in [5, 5.41) is 12.8. The summed E-state index contributed by atoms with van der Waals surface area (Å²) in [5.41, 5.74) is 13.4. The molecule has 58 heavy (non-hydrogen) atoms. The summed E-state index contributed by atoms with van der Waals surface area (Å²) in [6, 6.07) is 58.6. The first-order valence-corrected chi connectivity index (χ1v) is 20.6. The van der Waals surface area contributed by atoms with Gasteiger partial charge in [0, 0.05) is 60.6 Å². The van der Waals surface area contributed by atoms with Gasteiger partial charge in [-0.25, -0.2) is 0 Å². The molecule has 1 unspecified atom stereocenters. The topological polar surface area (TPSA) is 21.7 Å². The van der Waals surface area contributed by atoms with Gasteiger partial charge in [0.15, 0.2) is 0 Å². The molecule has 0 radical (unpaired) electrons. The Morgan fingerprint density at radius 1 is 0.517 bits per heavy atom. The summed E-state index contributed by atoms with van der Waals surface area (Å²) >= 11 is 0. The lowest BCUT2D eigenvalue weighted by atomic mass is 9.86. The van der Waals surface area contributed by atoms with E-state index in [0.29, 0.717) is 5.92 Å². The summed E-state index contributed by atoms with van der Waals surface area (Å²) in [6.07, 6.45) is 12.0. The van der Waals surface area contributed by atoms with Crippen LogP contribution in [-0.2, 0) is 0 Å². The van der Waals surface area contributed by atoms with E-state index in [0.717, 1.165) is 36.4 Å². The van der Waals surface area contributed by atoms with E-state index in [4.69, 9.17) is 4.99 Å². The molecule has 4 heterocycles. The Bertz CT molecular complexity index is 3640. The van der Waals surface area contributed by atoms with Gasteiger partial charge in [0.1, 0.15) is 0 Å². The van der Waals surface area contributed by atoms with E-state index in [2.05, 4.69) is 191 Å². The number of hydrogen-bond donors (Lipinski definition) is 0. The molecule has 0 fully saturated rings. The van der Waals surface area contributed by atoms with E-state index in [9.17, 15) is 0 Å². The third kappa shape index (κ3) is 4.41. The molecule has 1 atom stereocenters. The largest absolute Gasteiger partial charge is 0.309 e. The SMILES string of the molecule is C1=C/C2=N/C(c3cccc4ccccc34)=C(/c3ccc(-n4c5ccccc5c5c6c7ccc8ccccc8c7n7c8ccccc8c(cc54)c67)cc3)CCCC2C=C1. The van der Waals surface area contributed by atoms with Crippen LogP contribution in [0, 0.1) is 5.92 Å². The van der Waals surface area contributed by atoms with Crippen LogP contribution in [-0.4, -0.2) is 14.7 Å². The lowest BCUT2D eigenvalue weighted by Crippen LogP contribution is -2.14. The van der Waals surface area contributed by atoms with Gasteiger partial charge in [-0.05, 0) is 83.0 Å². The second kappa shape index (κ2) is 12.1. The number of benzene rings is 8. The zero-order valence-electron chi connectivity index (χ0n) is 31.9. The highest BCUT2D eigenvalue weighted by molar-refractivity contribution is 6.37. The summed E-state index contributed by atoms with van der Waals surface area (Å²) in [5.74, 6) is 0.348. The number of allylic oxidation sites excluding steroid dienone is 5. The summed E-state index contributed by atoms with van der Waals surface area (Å²) in [6.45, 7) is 0. The van der Waals surface area contributed by atoms with Crippen molar-refractivity contribution in [2.75, 3.05) is 0 Å². The minimum Gasteiger partial charge on any atom is -0.309 e. The maximum Gasteiger partial charge on any atom is 0.0749 e. The standard InChI is InChI=1S/C55H37N3/c1-4-18-39-34(13-1)16-11-23-43(39)53-40(22-12-17-37-15-3-8-24-47(37)56-53)36-27-30-38(31-28-36)57-49-26-10-7-21-44(49)51-50(57)33-46-42-20-6-9-25-48(42)58-54-41-19-5-2-14-35(41)29-32-45(54)52(51)55(46)58/h1-11,13-16,18-21,23-33,37H,12,17,22H2/b53-40+,56-47-. The van der Waals surface area contributed by atoms with E-state index in [1.54, 1.807) is 0 Å². The van der Waals surface area contributed by atoms with E-state index in [1.807, 2.05) is 0 Å². The third-order valence-corrected chi connectivity index (χ3v) is 13.1. The molecule has 0 bridgehead atoms. The van der Waals surface area contributed by atoms with Crippen LogP contribution in [0.3, 0.4) is 0 Å². The minimum atomic E-state index is 0.348. The first-order chi connectivity index (χ1) is 28.8. The lowest BCUT2D eigenvalue weighted by molar-refractivity contribution is 0.688. The van der Waals surface area contributed by atoms with Crippen molar-refractivity contribution >= 4 is 98.4 Å². The van der Waals surface area contributed by atoms with E-state index in [-0.39, 0.29) is 0 Å². The Morgan fingerprint density at radius 3 is 2.10 bits per heavy atom. The quantitative estimate of drug-likeness (QED) is 0.172. The monoisotopic (exact) mass is 739 g/mol. The number of fused-ring (bicyclic) bond motifs is 14. The van der Waals surface area contributed by atoms with Gasteiger partial charge in [0.2, 0.25) is 0 Å². The molecule has 3 heteroatoms. The number of nitrogens with zero attached hydrogens (tertiary/aromatic N) is 3. The zero-order chi connectivity index (χ0) is 37.9. The molecular formula is C55H37N3. The van der Waals surface area contributed by atoms with Crippen molar-refractivity contribution in [3.63, 3.8) is 0 Å². The van der Waals surface area contributed by atoms with Gasteiger partial charge in [-0.1, -0.05) is 146 Å². The lowest BCUT2D eigenvalue weighted by Gasteiger charge is -2.23. The van der Waals surface area contributed by atoms with Gasteiger partial charge in [-0.3, -0.25) is 4.99 Å². The van der Waals surface area contributed by atoms with Gasteiger partial charge in [-0.15, -0.1) is 0 Å². The Labute approximate surface area is 335 Å². The van der Waals surface area contributed by atoms with E-state index in [1.165, 1.54) is 98.1 Å². The smallest absolute Gasteiger partial charge is 0.0749 e. The zero-order valence-corrected chi connectivity index (χ0v) is 31.9. The van der Waals surface area contributed by atoms with Crippen LogP contribution in [0.4, 0.5) is 0 Å². The molecule has 11 aromatic rings. The molecule has 0 saturated carbocycles. The third-order valence-electron chi connectivity index (χ3n) is 13.1. The molecule has 8 aromatic carbocycles. The number of para-hydroxylation sites is 2. The van der Waals surface area contributed by atoms with Crippen molar-refractivity contribution < 1.29 is 0 Å². The fraction of sp³-hybridized carbons (Fsp3) is 0.0727. The number of hydrogen-bond acceptors (Lipinski definition) is 1. The molecule has 0 spiro atoms. The highest BCUT2D eigenvalue weighted by Crippen LogP contribution is 2.48. The summed E-state index contributed by atoms with van der Waals surface area (Å²) < 4.78 is 5.04. The van der Waals surface area contributed by atoms with Gasteiger partial charge in [-0.2, -0.15) is 0 Å². The molecule has 0 saturated heterocycles. The molecular weight excluding hydrogens is 703 g/mol. The average molecular weight is 740 g/mol. The summed E-state index contributed by atoms with van der Waals surface area (Å²) in [4.78, 5) is 5.55. The van der Waals surface area contributed by atoms with Crippen LogP contribution in [0.15, 0.2) is 187 Å². The van der Waals surface area contributed by atoms with E-state index >= 15 is 0 Å². The molecule has 13 rings (SSSR count).